The lowest BCUT2D eigenvalue weighted by Gasteiger charge is -2.35. The van der Waals surface area contributed by atoms with Gasteiger partial charge in [0.25, 0.3) is 0 Å². The largest absolute Gasteiger partial charge is 0.360 e. The van der Waals surface area contributed by atoms with Crippen molar-refractivity contribution in [2.24, 2.45) is 5.92 Å². The first-order chi connectivity index (χ1) is 8.16. The van der Waals surface area contributed by atoms with Crippen molar-refractivity contribution in [1.29, 1.82) is 0 Å². The number of hydrogen-bond acceptors (Lipinski definition) is 2. The SMILES string of the molecule is C[C@@H]1CCCC[C@H]1NC(=S)N1CCNC(=O)C1. The van der Waals surface area contributed by atoms with Crippen LogP contribution in [0.2, 0.25) is 0 Å². The summed E-state index contributed by atoms with van der Waals surface area (Å²) in [7, 11) is 0. The summed E-state index contributed by atoms with van der Waals surface area (Å²) >= 11 is 5.40. The highest BCUT2D eigenvalue weighted by atomic mass is 32.1. The molecule has 1 amide bonds. The van der Waals surface area contributed by atoms with E-state index in [1.807, 2.05) is 4.90 Å². The Hall–Kier alpha value is -0.840. The van der Waals surface area contributed by atoms with E-state index in [2.05, 4.69) is 17.6 Å². The molecule has 1 aliphatic heterocycles. The molecule has 0 bridgehead atoms. The Morgan fingerprint density at radius 3 is 2.94 bits per heavy atom. The molecule has 2 aliphatic rings. The predicted octanol–water partition coefficient (Wildman–Crippen LogP) is 0.871. The summed E-state index contributed by atoms with van der Waals surface area (Å²) in [5, 5.41) is 7.00. The van der Waals surface area contributed by atoms with Crippen LogP contribution in [0, 0.1) is 5.92 Å². The summed E-state index contributed by atoms with van der Waals surface area (Å²) in [5.41, 5.74) is 0. The van der Waals surface area contributed by atoms with Crippen LogP contribution in [0.3, 0.4) is 0 Å². The number of carbonyl (C=O) groups excluding carboxylic acids is 1. The Bertz CT molecular complexity index is 308. The number of nitrogens with one attached hydrogen (secondary N) is 2. The van der Waals surface area contributed by atoms with Gasteiger partial charge in [0, 0.05) is 19.1 Å². The molecule has 0 aromatic heterocycles. The van der Waals surface area contributed by atoms with E-state index in [1.54, 1.807) is 0 Å². The van der Waals surface area contributed by atoms with E-state index in [-0.39, 0.29) is 5.91 Å². The second-order valence-electron chi connectivity index (χ2n) is 5.09. The molecule has 1 heterocycles. The highest BCUT2D eigenvalue weighted by Crippen LogP contribution is 2.23. The molecule has 0 radical (unpaired) electrons. The molecule has 17 heavy (non-hydrogen) atoms. The van der Waals surface area contributed by atoms with Gasteiger partial charge >= 0.3 is 0 Å². The fraction of sp³-hybridized carbons (Fsp3) is 0.833. The lowest BCUT2D eigenvalue weighted by atomic mass is 9.86. The quantitative estimate of drug-likeness (QED) is 0.683. The Labute approximate surface area is 108 Å². The average Bonchev–Trinajstić information content (AvgIpc) is 2.32. The molecule has 5 heteroatoms. The van der Waals surface area contributed by atoms with Gasteiger partial charge < -0.3 is 15.5 Å². The molecular formula is C12H21N3OS. The summed E-state index contributed by atoms with van der Waals surface area (Å²) in [6.45, 7) is 4.19. The molecule has 2 N–H and O–H groups in total. The molecule has 0 unspecified atom stereocenters. The molecule has 4 nitrogen and oxygen atoms in total. The van der Waals surface area contributed by atoms with Crippen molar-refractivity contribution >= 4 is 23.2 Å². The van der Waals surface area contributed by atoms with Gasteiger partial charge in [0.05, 0.1) is 6.54 Å². The molecule has 96 valence electrons. The maximum absolute atomic E-state index is 11.3. The third-order valence-corrected chi connectivity index (χ3v) is 4.12. The lowest BCUT2D eigenvalue weighted by Crippen LogP contribution is -2.55. The molecule has 1 saturated carbocycles. The van der Waals surface area contributed by atoms with Crippen LogP contribution in [-0.4, -0.2) is 41.6 Å². The molecular weight excluding hydrogens is 234 g/mol. The van der Waals surface area contributed by atoms with Crippen LogP contribution in [0.5, 0.6) is 0 Å². The lowest BCUT2D eigenvalue weighted by molar-refractivity contribution is -0.122. The molecule has 0 aromatic carbocycles. The van der Waals surface area contributed by atoms with E-state index in [1.165, 1.54) is 25.7 Å². The fourth-order valence-corrected chi connectivity index (χ4v) is 2.90. The van der Waals surface area contributed by atoms with Crippen LogP contribution >= 0.6 is 12.2 Å². The van der Waals surface area contributed by atoms with Gasteiger partial charge in [-0.25, -0.2) is 0 Å². The highest BCUT2D eigenvalue weighted by Gasteiger charge is 2.25. The maximum atomic E-state index is 11.3. The number of rotatable bonds is 1. The van der Waals surface area contributed by atoms with Gasteiger partial charge in [-0.3, -0.25) is 4.79 Å². The molecule has 0 spiro atoms. The predicted molar refractivity (Wildman–Crippen MR) is 71.7 cm³/mol. The third-order valence-electron chi connectivity index (χ3n) is 3.75. The Morgan fingerprint density at radius 2 is 2.24 bits per heavy atom. The number of nitrogens with zero attached hydrogens (tertiary/aromatic N) is 1. The Kier molecular flexibility index (Phi) is 4.20. The smallest absolute Gasteiger partial charge is 0.239 e. The topological polar surface area (TPSA) is 44.4 Å². The summed E-state index contributed by atoms with van der Waals surface area (Å²) in [6.07, 6.45) is 5.09. The van der Waals surface area contributed by atoms with Crippen LogP contribution in [0.1, 0.15) is 32.6 Å². The van der Waals surface area contributed by atoms with Crippen molar-refractivity contribution in [3.05, 3.63) is 0 Å². The minimum Gasteiger partial charge on any atom is -0.360 e. The van der Waals surface area contributed by atoms with Gasteiger partial charge in [0.2, 0.25) is 5.91 Å². The van der Waals surface area contributed by atoms with Gasteiger partial charge in [0.15, 0.2) is 5.11 Å². The van der Waals surface area contributed by atoms with Crippen LogP contribution < -0.4 is 10.6 Å². The average molecular weight is 255 g/mol. The van der Waals surface area contributed by atoms with E-state index in [0.717, 1.165) is 11.7 Å². The maximum Gasteiger partial charge on any atom is 0.239 e. The van der Waals surface area contributed by atoms with E-state index < -0.39 is 0 Å². The third kappa shape index (κ3) is 3.31. The van der Waals surface area contributed by atoms with Gasteiger partial charge in [0.1, 0.15) is 0 Å². The van der Waals surface area contributed by atoms with Gasteiger partial charge in [-0.2, -0.15) is 0 Å². The van der Waals surface area contributed by atoms with Crippen molar-refractivity contribution in [1.82, 2.24) is 15.5 Å². The Morgan fingerprint density at radius 1 is 1.47 bits per heavy atom. The highest BCUT2D eigenvalue weighted by molar-refractivity contribution is 7.80. The van der Waals surface area contributed by atoms with Crippen LogP contribution in [0.25, 0.3) is 0 Å². The molecule has 1 aliphatic carbocycles. The second-order valence-corrected chi connectivity index (χ2v) is 5.48. The van der Waals surface area contributed by atoms with Crippen LogP contribution in [0.4, 0.5) is 0 Å². The summed E-state index contributed by atoms with van der Waals surface area (Å²) in [6, 6.07) is 0.487. The normalized spacial score (nSPS) is 29.7. The van der Waals surface area contributed by atoms with Crippen molar-refractivity contribution < 1.29 is 4.79 Å². The molecule has 2 rings (SSSR count). The molecule has 1 saturated heterocycles. The van der Waals surface area contributed by atoms with Crippen LogP contribution in [0.15, 0.2) is 0 Å². The van der Waals surface area contributed by atoms with Crippen molar-refractivity contribution in [3.63, 3.8) is 0 Å². The van der Waals surface area contributed by atoms with Crippen molar-refractivity contribution in [2.45, 2.75) is 38.6 Å². The summed E-state index contributed by atoms with van der Waals surface area (Å²) in [4.78, 5) is 13.3. The number of thiocarbonyl (C=S) groups is 1. The van der Waals surface area contributed by atoms with E-state index in [9.17, 15) is 4.79 Å². The summed E-state index contributed by atoms with van der Waals surface area (Å²) < 4.78 is 0. The first-order valence-corrected chi connectivity index (χ1v) is 6.90. The van der Waals surface area contributed by atoms with Crippen molar-refractivity contribution in [2.75, 3.05) is 19.6 Å². The monoisotopic (exact) mass is 255 g/mol. The number of piperazine rings is 1. The standard InChI is InChI=1S/C12H21N3OS/c1-9-4-2-3-5-10(9)14-12(17)15-7-6-13-11(16)8-15/h9-10H,2-8H2,1H3,(H,13,16)(H,14,17)/t9-,10-/m1/s1. The van der Waals surface area contributed by atoms with Crippen molar-refractivity contribution in [3.8, 4) is 0 Å². The number of amides is 1. The number of carbonyl (C=O) groups is 1. The summed E-state index contributed by atoms with van der Waals surface area (Å²) in [5.74, 6) is 0.748. The molecule has 2 fully saturated rings. The molecule has 2 atom stereocenters. The van der Waals surface area contributed by atoms with E-state index in [4.69, 9.17) is 12.2 Å². The Balaban J connectivity index is 1.85. The van der Waals surface area contributed by atoms with Gasteiger partial charge in [-0.1, -0.05) is 19.8 Å². The number of hydrogen-bond donors (Lipinski definition) is 2. The van der Waals surface area contributed by atoms with E-state index in [0.29, 0.717) is 25.0 Å². The minimum absolute atomic E-state index is 0.0668. The molecule has 0 aromatic rings. The zero-order chi connectivity index (χ0) is 12.3. The first-order valence-electron chi connectivity index (χ1n) is 6.49. The second kappa shape index (κ2) is 5.67. The van der Waals surface area contributed by atoms with E-state index >= 15 is 0 Å². The zero-order valence-corrected chi connectivity index (χ0v) is 11.2. The van der Waals surface area contributed by atoms with Gasteiger partial charge in [-0.05, 0) is 31.0 Å². The minimum atomic E-state index is 0.0668. The zero-order valence-electron chi connectivity index (χ0n) is 10.4. The first kappa shape index (κ1) is 12.6. The van der Waals surface area contributed by atoms with Gasteiger partial charge in [-0.15, -0.1) is 0 Å². The van der Waals surface area contributed by atoms with Crippen LogP contribution in [-0.2, 0) is 4.79 Å². The fourth-order valence-electron chi connectivity index (χ4n) is 2.59.